The molecule has 0 unspecified atom stereocenters. The fourth-order valence-corrected chi connectivity index (χ4v) is 2.37. The first kappa shape index (κ1) is 14.0. The Morgan fingerprint density at radius 3 is 2.74 bits per heavy atom. The minimum atomic E-state index is 0.0937. The number of hydrogen-bond acceptors (Lipinski definition) is 4. The van der Waals surface area contributed by atoms with Crippen LogP contribution >= 0.6 is 0 Å². The van der Waals surface area contributed by atoms with Crippen molar-refractivity contribution in [1.82, 2.24) is 15.5 Å². The van der Waals surface area contributed by atoms with Crippen molar-refractivity contribution in [2.24, 2.45) is 0 Å². The highest BCUT2D eigenvalue weighted by atomic mass is 16.5. The van der Waals surface area contributed by atoms with Crippen LogP contribution in [0.25, 0.3) is 0 Å². The van der Waals surface area contributed by atoms with Crippen LogP contribution < -0.4 is 5.32 Å². The molecule has 1 amide bonds. The Morgan fingerprint density at radius 1 is 1.37 bits per heavy atom. The Balaban J connectivity index is 1.73. The van der Waals surface area contributed by atoms with Crippen molar-refractivity contribution in [1.29, 1.82) is 0 Å². The molecule has 0 aromatic carbocycles. The van der Waals surface area contributed by atoms with Crippen LogP contribution in [-0.2, 0) is 11.2 Å². The molecule has 1 aromatic heterocycles. The molecule has 1 fully saturated rings. The second-order valence-corrected chi connectivity index (χ2v) is 5.60. The summed E-state index contributed by atoms with van der Waals surface area (Å²) in [6.07, 6.45) is 6.94. The first-order valence-corrected chi connectivity index (χ1v) is 7.27. The number of aromatic nitrogens is 2. The van der Waals surface area contributed by atoms with Crippen molar-refractivity contribution < 1.29 is 9.32 Å². The van der Waals surface area contributed by atoms with E-state index in [-0.39, 0.29) is 11.8 Å². The lowest BCUT2D eigenvalue weighted by Crippen LogP contribution is -2.36. The van der Waals surface area contributed by atoms with E-state index in [0.29, 0.717) is 30.6 Å². The first-order valence-electron chi connectivity index (χ1n) is 7.27. The maximum absolute atomic E-state index is 11.8. The monoisotopic (exact) mass is 265 g/mol. The fraction of sp³-hybridized carbons (Fsp3) is 0.786. The molecule has 1 aliphatic carbocycles. The van der Waals surface area contributed by atoms with Gasteiger partial charge in [0.25, 0.3) is 0 Å². The predicted octanol–water partition coefficient (Wildman–Crippen LogP) is 2.57. The number of nitrogens with zero attached hydrogens (tertiary/aromatic N) is 2. The molecular weight excluding hydrogens is 242 g/mol. The summed E-state index contributed by atoms with van der Waals surface area (Å²) in [7, 11) is 0. The molecule has 1 saturated carbocycles. The zero-order chi connectivity index (χ0) is 13.7. The first-order chi connectivity index (χ1) is 9.15. The van der Waals surface area contributed by atoms with Crippen LogP contribution in [0.2, 0.25) is 0 Å². The normalized spacial score (nSPS) is 16.8. The van der Waals surface area contributed by atoms with Gasteiger partial charge in [-0.05, 0) is 12.8 Å². The summed E-state index contributed by atoms with van der Waals surface area (Å²) >= 11 is 0. The summed E-state index contributed by atoms with van der Waals surface area (Å²) < 4.78 is 5.13. The number of hydrogen-bond donors (Lipinski definition) is 1. The molecule has 5 heteroatoms. The summed E-state index contributed by atoms with van der Waals surface area (Å²) in [5.74, 6) is 1.62. The predicted molar refractivity (Wildman–Crippen MR) is 71.7 cm³/mol. The summed E-state index contributed by atoms with van der Waals surface area (Å²) in [4.78, 5) is 16.1. The minimum absolute atomic E-state index is 0.0937. The van der Waals surface area contributed by atoms with Crippen molar-refractivity contribution in [3.05, 3.63) is 11.7 Å². The van der Waals surface area contributed by atoms with E-state index in [0.717, 1.165) is 12.8 Å². The summed E-state index contributed by atoms with van der Waals surface area (Å²) in [5.41, 5.74) is 0. The van der Waals surface area contributed by atoms with Crippen LogP contribution in [-0.4, -0.2) is 22.1 Å². The Kier molecular flexibility index (Phi) is 4.93. The minimum Gasteiger partial charge on any atom is -0.353 e. The molecule has 1 N–H and O–H groups in total. The van der Waals surface area contributed by atoms with Gasteiger partial charge < -0.3 is 9.84 Å². The van der Waals surface area contributed by atoms with Gasteiger partial charge in [0.2, 0.25) is 11.8 Å². The Labute approximate surface area is 114 Å². The summed E-state index contributed by atoms with van der Waals surface area (Å²) in [6.45, 7) is 4.04. The van der Waals surface area contributed by atoms with Gasteiger partial charge in [-0.15, -0.1) is 0 Å². The molecule has 1 heterocycles. The van der Waals surface area contributed by atoms with Gasteiger partial charge in [0.1, 0.15) is 0 Å². The van der Waals surface area contributed by atoms with Crippen LogP contribution in [0, 0.1) is 0 Å². The van der Waals surface area contributed by atoms with Crippen LogP contribution in [0.4, 0.5) is 0 Å². The van der Waals surface area contributed by atoms with Gasteiger partial charge in [-0.3, -0.25) is 4.79 Å². The highest BCUT2D eigenvalue weighted by molar-refractivity contribution is 5.76. The van der Waals surface area contributed by atoms with E-state index in [4.69, 9.17) is 4.52 Å². The van der Waals surface area contributed by atoms with Crippen molar-refractivity contribution in [2.45, 2.75) is 70.8 Å². The number of aryl methyl sites for hydroxylation is 1. The molecule has 1 aromatic rings. The molecule has 19 heavy (non-hydrogen) atoms. The lowest BCUT2D eigenvalue weighted by molar-refractivity contribution is -0.122. The quantitative estimate of drug-likeness (QED) is 0.888. The number of amides is 1. The van der Waals surface area contributed by atoms with E-state index < -0.39 is 0 Å². The van der Waals surface area contributed by atoms with Crippen molar-refractivity contribution in [3.8, 4) is 0 Å². The lowest BCUT2D eigenvalue weighted by Gasteiger charge is -2.22. The maximum Gasteiger partial charge on any atom is 0.227 e. The van der Waals surface area contributed by atoms with Crippen LogP contribution in [0.3, 0.4) is 0 Å². The Bertz CT molecular complexity index is 409. The topological polar surface area (TPSA) is 68.0 Å². The standard InChI is InChI=1S/C14H23N3O2/c1-10(2)14-16-13(19-17-14)9-8-12(18)15-11-6-4-3-5-7-11/h10-11H,3-9H2,1-2H3,(H,15,18). The molecule has 2 rings (SSSR count). The Morgan fingerprint density at radius 2 is 2.11 bits per heavy atom. The summed E-state index contributed by atoms with van der Waals surface area (Å²) in [6, 6.07) is 0.371. The molecule has 5 nitrogen and oxygen atoms in total. The molecule has 0 aliphatic heterocycles. The third kappa shape index (κ3) is 4.33. The number of rotatable bonds is 5. The molecule has 106 valence electrons. The maximum atomic E-state index is 11.8. The average molecular weight is 265 g/mol. The third-order valence-electron chi connectivity index (χ3n) is 3.54. The molecule has 0 atom stereocenters. The highest BCUT2D eigenvalue weighted by Crippen LogP contribution is 2.17. The van der Waals surface area contributed by atoms with Gasteiger partial charge >= 0.3 is 0 Å². The van der Waals surface area contributed by atoms with Gasteiger partial charge in [-0.2, -0.15) is 4.98 Å². The van der Waals surface area contributed by atoms with Gasteiger partial charge in [0.05, 0.1) is 0 Å². The third-order valence-corrected chi connectivity index (χ3v) is 3.54. The smallest absolute Gasteiger partial charge is 0.227 e. The van der Waals surface area contributed by atoms with E-state index in [9.17, 15) is 4.79 Å². The highest BCUT2D eigenvalue weighted by Gasteiger charge is 2.16. The van der Waals surface area contributed by atoms with Gasteiger partial charge in [0, 0.05) is 24.8 Å². The zero-order valence-electron chi connectivity index (χ0n) is 11.8. The molecule has 0 spiro atoms. The van der Waals surface area contributed by atoms with E-state index in [1.807, 2.05) is 13.8 Å². The second-order valence-electron chi connectivity index (χ2n) is 5.60. The second kappa shape index (κ2) is 6.68. The molecule has 0 radical (unpaired) electrons. The van der Waals surface area contributed by atoms with Gasteiger partial charge in [0.15, 0.2) is 5.82 Å². The van der Waals surface area contributed by atoms with Crippen molar-refractivity contribution in [3.63, 3.8) is 0 Å². The van der Waals surface area contributed by atoms with Crippen LogP contribution in [0.1, 0.15) is 70.0 Å². The molecule has 0 bridgehead atoms. The zero-order valence-corrected chi connectivity index (χ0v) is 11.8. The van der Waals surface area contributed by atoms with E-state index in [1.165, 1.54) is 19.3 Å². The van der Waals surface area contributed by atoms with Gasteiger partial charge in [-0.1, -0.05) is 38.3 Å². The van der Waals surface area contributed by atoms with E-state index in [2.05, 4.69) is 15.5 Å². The Hall–Kier alpha value is -1.39. The molecular formula is C14H23N3O2. The van der Waals surface area contributed by atoms with E-state index in [1.54, 1.807) is 0 Å². The SMILES string of the molecule is CC(C)c1noc(CCC(=O)NC2CCCCC2)n1. The van der Waals surface area contributed by atoms with Crippen LogP contribution in [0.15, 0.2) is 4.52 Å². The average Bonchev–Trinajstić information content (AvgIpc) is 2.86. The summed E-state index contributed by atoms with van der Waals surface area (Å²) in [5, 5.41) is 6.98. The van der Waals surface area contributed by atoms with Gasteiger partial charge in [-0.25, -0.2) is 0 Å². The van der Waals surface area contributed by atoms with Crippen molar-refractivity contribution in [2.75, 3.05) is 0 Å². The number of nitrogens with one attached hydrogen (secondary N) is 1. The van der Waals surface area contributed by atoms with Crippen LogP contribution in [0.5, 0.6) is 0 Å². The fourth-order valence-electron chi connectivity index (χ4n) is 2.37. The van der Waals surface area contributed by atoms with Crippen molar-refractivity contribution >= 4 is 5.91 Å². The number of carbonyl (C=O) groups excluding carboxylic acids is 1. The molecule has 0 saturated heterocycles. The molecule has 1 aliphatic rings. The lowest BCUT2D eigenvalue weighted by atomic mass is 9.95. The largest absolute Gasteiger partial charge is 0.353 e. The van der Waals surface area contributed by atoms with E-state index >= 15 is 0 Å². The number of carbonyl (C=O) groups is 1.